The van der Waals surface area contributed by atoms with E-state index in [1.165, 1.54) is 0 Å². The topological polar surface area (TPSA) is 59.8 Å². The molecule has 5 nitrogen and oxygen atoms in total. The molecule has 150 valence electrons. The molecule has 29 heavy (non-hydrogen) atoms. The van der Waals surface area contributed by atoms with Crippen LogP contribution in [0.1, 0.15) is 58.8 Å². The molecule has 1 fully saturated rings. The maximum absolute atomic E-state index is 13.1. The van der Waals surface area contributed by atoms with Crippen LogP contribution in [0.4, 0.5) is 0 Å². The Hall–Kier alpha value is -2.95. The Morgan fingerprint density at radius 3 is 2.66 bits per heavy atom. The van der Waals surface area contributed by atoms with E-state index in [1.807, 2.05) is 35.9 Å². The van der Waals surface area contributed by atoms with Crippen molar-refractivity contribution in [1.29, 1.82) is 0 Å². The molecule has 1 N–H and O–H groups in total. The van der Waals surface area contributed by atoms with Crippen molar-refractivity contribution in [3.63, 3.8) is 0 Å². The molecule has 1 amide bonds. The number of aromatic nitrogens is 3. The molecule has 0 aliphatic heterocycles. The largest absolute Gasteiger partial charge is 0.343 e. The van der Waals surface area contributed by atoms with E-state index in [4.69, 9.17) is 0 Å². The summed E-state index contributed by atoms with van der Waals surface area (Å²) in [4.78, 5) is 17.7. The number of hydrogen-bond donors (Lipinski definition) is 1. The average molecular weight is 389 g/mol. The van der Waals surface area contributed by atoms with Crippen molar-refractivity contribution >= 4 is 5.91 Å². The zero-order valence-corrected chi connectivity index (χ0v) is 17.6. The van der Waals surface area contributed by atoms with E-state index in [9.17, 15) is 4.79 Å². The lowest BCUT2D eigenvalue weighted by Gasteiger charge is -2.20. The fourth-order valence-electron chi connectivity index (χ4n) is 4.13. The number of pyridine rings is 1. The number of carbonyl (C=O) groups excluding carboxylic acids is 1. The molecule has 1 aliphatic rings. The van der Waals surface area contributed by atoms with Crippen molar-refractivity contribution in [2.24, 2.45) is 5.92 Å². The van der Waals surface area contributed by atoms with Crippen molar-refractivity contribution in [2.75, 3.05) is 0 Å². The number of amides is 1. The van der Waals surface area contributed by atoms with Gasteiger partial charge in [-0.25, -0.2) is 0 Å². The van der Waals surface area contributed by atoms with Gasteiger partial charge in [-0.2, -0.15) is 5.10 Å². The number of hydrogen-bond acceptors (Lipinski definition) is 3. The highest BCUT2D eigenvalue weighted by Gasteiger charge is 2.35. The lowest BCUT2D eigenvalue weighted by molar-refractivity contribution is 0.0930. The van der Waals surface area contributed by atoms with Gasteiger partial charge in [-0.1, -0.05) is 18.2 Å². The molecule has 1 aliphatic carbocycles. The third kappa shape index (κ3) is 3.82. The Morgan fingerprint density at radius 1 is 1.21 bits per heavy atom. The molecule has 0 radical (unpaired) electrons. The molecule has 1 atom stereocenters. The van der Waals surface area contributed by atoms with Crippen molar-refractivity contribution in [2.45, 2.75) is 53.1 Å². The SMILES string of the molecule is CCn1nc(C)c(-c2cccc(C(=O)N[C@@H](c3ncccc3C)C3CC3)c2)c1C. The molecule has 2 heterocycles. The number of benzene rings is 1. The summed E-state index contributed by atoms with van der Waals surface area (Å²) in [5.41, 5.74) is 7.03. The van der Waals surface area contributed by atoms with Crippen LogP contribution in [-0.4, -0.2) is 20.7 Å². The number of rotatable bonds is 6. The first-order valence-electron chi connectivity index (χ1n) is 10.4. The molecular formula is C24H28N4O. The van der Waals surface area contributed by atoms with E-state index in [0.717, 1.165) is 53.2 Å². The van der Waals surface area contributed by atoms with Crippen molar-refractivity contribution in [1.82, 2.24) is 20.1 Å². The van der Waals surface area contributed by atoms with Gasteiger partial charge in [0.1, 0.15) is 0 Å². The molecule has 2 aromatic heterocycles. The van der Waals surface area contributed by atoms with Crippen LogP contribution in [0.5, 0.6) is 0 Å². The minimum Gasteiger partial charge on any atom is -0.343 e. The van der Waals surface area contributed by atoms with Gasteiger partial charge in [-0.15, -0.1) is 0 Å². The Balaban J connectivity index is 1.62. The fourth-order valence-corrected chi connectivity index (χ4v) is 4.13. The van der Waals surface area contributed by atoms with Gasteiger partial charge in [0.2, 0.25) is 0 Å². The first kappa shape index (κ1) is 19.4. The van der Waals surface area contributed by atoms with Gasteiger partial charge in [0.05, 0.1) is 17.4 Å². The summed E-state index contributed by atoms with van der Waals surface area (Å²) in [6.45, 7) is 9.08. The second kappa shape index (κ2) is 7.82. The van der Waals surface area contributed by atoms with Crippen LogP contribution in [-0.2, 0) is 6.54 Å². The van der Waals surface area contributed by atoms with E-state index in [-0.39, 0.29) is 11.9 Å². The molecule has 3 aromatic rings. The fraction of sp³-hybridized carbons (Fsp3) is 0.375. The lowest BCUT2D eigenvalue weighted by atomic mass is 10.00. The quantitative estimate of drug-likeness (QED) is 0.662. The van der Waals surface area contributed by atoms with Gasteiger partial charge >= 0.3 is 0 Å². The molecule has 0 saturated heterocycles. The van der Waals surface area contributed by atoms with Crippen LogP contribution in [0.25, 0.3) is 11.1 Å². The van der Waals surface area contributed by atoms with Crippen LogP contribution in [0.3, 0.4) is 0 Å². The molecule has 1 saturated carbocycles. The second-order valence-corrected chi connectivity index (χ2v) is 7.94. The highest BCUT2D eigenvalue weighted by Crippen LogP contribution is 2.41. The van der Waals surface area contributed by atoms with E-state index in [0.29, 0.717) is 11.5 Å². The van der Waals surface area contributed by atoms with Crippen LogP contribution >= 0.6 is 0 Å². The van der Waals surface area contributed by atoms with Crippen molar-refractivity contribution < 1.29 is 4.79 Å². The molecule has 5 heteroatoms. The highest BCUT2D eigenvalue weighted by atomic mass is 16.1. The Bertz CT molecular complexity index is 1050. The third-order valence-corrected chi connectivity index (χ3v) is 5.82. The number of carbonyl (C=O) groups is 1. The van der Waals surface area contributed by atoms with E-state index in [1.54, 1.807) is 6.20 Å². The third-order valence-electron chi connectivity index (χ3n) is 5.82. The minimum absolute atomic E-state index is 0.0290. The van der Waals surface area contributed by atoms with Crippen LogP contribution in [0, 0.1) is 26.7 Å². The standard InChI is InChI=1S/C24H28N4O/c1-5-28-17(4)21(16(3)27-28)19-9-6-10-20(14-19)24(29)26-23(18-11-12-18)22-15(2)8-7-13-25-22/h6-10,13-14,18,23H,5,11-12H2,1-4H3,(H,26,29)/t23-/m1/s1. The van der Waals surface area contributed by atoms with Gasteiger partial charge < -0.3 is 5.32 Å². The maximum Gasteiger partial charge on any atom is 0.251 e. The number of nitrogens with one attached hydrogen (secondary N) is 1. The van der Waals surface area contributed by atoms with Gasteiger partial charge in [-0.05, 0) is 75.8 Å². The average Bonchev–Trinajstić information content (AvgIpc) is 3.52. The Labute approximate surface area is 172 Å². The number of nitrogens with zero attached hydrogens (tertiary/aromatic N) is 3. The summed E-state index contributed by atoms with van der Waals surface area (Å²) >= 11 is 0. The molecule has 4 rings (SSSR count). The monoisotopic (exact) mass is 388 g/mol. The minimum atomic E-state index is -0.0491. The van der Waals surface area contributed by atoms with Gasteiger partial charge in [0, 0.05) is 29.6 Å². The number of aryl methyl sites for hydroxylation is 3. The summed E-state index contributed by atoms with van der Waals surface area (Å²) in [5.74, 6) is 0.426. The van der Waals surface area contributed by atoms with Gasteiger partial charge in [0.15, 0.2) is 0 Å². The smallest absolute Gasteiger partial charge is 0.251 e. The summed E-state index contributed by atoms with van der Waals surface area (Å²) in [5, 5.41) is 7.87. The molecule has 1 aromatic carbocycles. The van der Waals surface area contributed by atoms with Gasteiger partial charge in [-0.3, -0.25) is 14.5 Å². The van der Waals surface area contributed by atoms with E-state index < -0.39 is 0 Å². The second-order valence-electron chi connectivity index (χ2n) is 7.94. The Morgan fingerprint density at radius 2 is 2.00 bits per heavy atom. The predicted molar refractivity (Wildman–Crippen MR) is 115 cm³/mol. The van der Waals surface area contributed by atoms with Crippen molar-refractivity contribution in [3.05, 3.63) is 70.8 Å². The summed E-state index contributed by atoms with van der Waals surface area (Å²) in [7, 11) is 0. The first-order valence-corrected chi connectivity index (χ1v) is 10.4. The normalized spacial score (nSPS) is 14.6. The zero-order valence-electron chi connectivity index (χ0n) is 17.6. The molecule has 0 unspecified atom stereocenters. The van der Waals surface area contributed by atoms with Gasteiger partial charge in [0.25, 0.3) is 5.91 Å². The summed E-state index contributed by atoms with van der Waals surface area (Å²) in [6, 6.07) is 11.8. The first-order chi connectivity index (χ1) is 14.0. The summed E-state index contributed by atoms with van der Waals surface area (Å²) < 4.78 is 2.00. The van der Waals surface area contributed by atoms with E-state index >= 15 is 0 Å². The highest BCUT2D eigenvalue weighted by molar-refractivity contribution is 5.96. The molecular weight excluding hydrogens is 360 g/mol. The summed E-state index contributed by atoms with van der Waals surface area (Å²) in [6.07, 6.45) is 4.08. The van der Waals surface area contributed by atoms with E-state index in [2.05, 4.69) is 48.3 Å². The lowest BCUT2D eigenvalue weighted by Crippen LogP contribution is -2.31. The Kier molecular flexibility index (Phi) is 5.22. The van der Waals surface area contributed by atoms with Crippen LogP contribution in [0.2, 0.25) is 0 Å². The van der Waals surface area contributed by atoms with Crippen molar-refractivity contribution in [3.8, 4) is 11.1 Å². The molecule has 0 bridgehead atoms. The van der Waals surface area contributed by atoms with Crippen LogP contribution in [0.15, 0.2) is 42.6 Å². The molecule has 0 spiro atoms. The maximum atomic E-state index is 13.1. The predicted octanol–water partition coefficient (Wildman–Crippen LogP) is 4.77. The van der Waals surface area contributed by atoms with Crippen LogP contribution < -0.4 is 5.32 Å². The zero-order chi connectivity index (χ0) is 20.5.